The largest absolute Gasteiger partial charge is 0.317 e. The fourth-order valence-electron chi connectivity index (χ4n) is 2.45. The number of nitrogens with zero attached hydrogens (tertiary/aromatic N) is 3. The van der Waals surface area contributed by atoms with Crippen LogP contribution in [0.15, 0.2) is 30.5 Å². The predicted molar refractivity (Wildman–Crippen MR) is 88.8 cm³/mol. The predicted octanol–water partition coefficient (Wildman–Crippen LogP) is 3.32. The lowest BCUT2D eigenvalue weighted by Gasteiger charge is -2.07. The van der Waals surface area contributed by atoms with Crippen molar-refractivity contribution in [1.82, 2.24) is 20.0 Å². The molecule has 0 bridgehead atoms. The van der Waals surface area contributed by atoms with Crippen LogP contribution in [0.4, 0.5) is 10.1 Å². The Morgan fingerprint density at radius 1 is 1.42 bits per heavy atom. The Labute approximate surface area is 142 Å². The second-order valence-corrected chi connectivity index (χ2v) is 5.79. The molecule has 0 radical (unpaired) electrons. The standard InChI is InChI=1S/C16H15ClFN5O/c1-9-14(20-16(24)15-13(17)7-19-21-15)10(2)23(22-9)8-11-4-3-5-12(18)6-11/h3-7H,8H2,1-2H3,(H,19,21)(H,20,24). The van der Waals surface area contributed by atoms with E-state index in [9.17, 15) is 9.18 Å². The number of rotatable bonds is 4. The van der Waals surface area contributed by atoms with Crippen molar-refractivity contribution in [2.75, 3.05) is 5.32 Å². The van der Waals surface area contributed by atoms with Crippen LogP contribution in [0, 0.1) is 19.7 Å². The maximum Gasteiger partial charge on any atom is 0.275 e. The molecule has 0 spiro atoms. The van der Waals surface area contributed by atoms with E-state index in [1.165, 1.54) is 18.3 Å². The number of hydrogen-bond acceptors (Lipinski definition) is 3. The molecule has 6 nitrogen and oxygen atoms in total. The third kappa shape index (κ3) is 3.16. The van der Waals surface area contributed by atoms with Crippen molar-refractivity contribution in [1.29, 1.82) is 0 Å². The first-order valence-corrected chi connectivity index (χ1v) is 7.62. The third-order valence-electron chi connectivity index (χ3n) is 3.66. The monoisotopic (exact) mass is 347 g/mol. The van der Waals surface area contributed by atoms with Crippen molar-refractivity contribution >= 4 is 23.2 Å². The van der Waals surface area contributed by atoms with Gasteiger partial charge in [0.15, 0.2) is 0 Å². The summed E-state index contributed by atoms with van der Waals surface area (Å²) >= 11 is 5.90. The summed E-state index contributed by atoms with van der Waals surface area (Å²) in [4.78, 5) is 12.3. The van der Waals surface area contributed by atoms with Crippen LogP contribution in [0.25, 0.3) is 0 Å². The number of anilines is 1. The van der Waals surface area contributed by atoms with Gasteiger partial charge >= 0.3 is 0 Å². The maximum atomic E-state index is 13.3. The second-order valence-electron chi connectivity index (χ2n) is 5.38. The van der Waals surface area contributed by atoms with Gasteiger partial charge in [-0.05, 0) is 31.5 Å². The van der Waals surface area contributed by atoms with Crippen LogP contribution in [0.1, 0.15) is 27.4 Å². The lowest BCUT2D eigenvalue weighted by Crippen LogP contribution is -2.14. The van der Waals surface area contributed by atoms with Gasteiger partial charge in [0.05, 0.1) is 34.8 Å². The minimum atomic E-state index is -0.394. The molecule has 1 amide bonds. The highest BCUT2D eigenvalue weighted by Crippen LogP contribution is 2.22. The van der Waals surface area contributed by atoms with E-state index in [2.05, 4.69) is 20.6 Å². The molecule has 3 aromatic rings. The molecule has 8 heteroatoms. The lowest BCUT2D eigenvalue weighted by atomic mass is 10.2. The summed E-state index contributed by atoms with van der Waals surface area (Å²) in [7, 11) is 0. The van der Waals surface area contributed by atoms with Gasteiger partial charge in [0.25, 0.3) is 5.91 Å². The van der Waals surface area contributed by atoms with Gasteiger partial charge in [0, 0.05) is 0 Å². The highest BCUT2D eigenvalue weighted by molar-refractivity contribution is 6.34. The van der Waals surface area contributed by atoms with Gasteiger partial charge in [0.1, 0.15) is 11.5 Å². The first-order chi connectivity index (χ1) is 11.5. The molecule has 0 saturated carbocycles. The Bertz CT molecular complexity index is 902. The number of benzene rings is 1. The van der Waals surface area contributed by atoms with E-state index in [0.717, 1.165) is 11.3 Å². The Morgan fingerprint density at radius 2 is 2.21 bits per heavy atom. The molecule has 2 N–H and O–H groups in total. The molecule has 24 heavy (non-hydrogen) atoms. The molecule has 1 aromatic carbocycles. The molecule has 2 heterocycles. The molecule has 0 aliphatic carbocycles. The van der Waals surface area contributed by atoms with Gasteiger partial charge in [-0.1, -0.05) is 23.7 Å². The van der Waals surface area contributed by atoms with E-state index in [-0.39, 0.29) is 16.5 Å². The molecular formula is C16H15ClFN5O. The average molecular weight is 348 g/mol. The molecule has 124 valence electrons. The molecule has 0 fully saturated rings. The van der Waals surface area contributed by atoms with Crippen molar-refractivity contribution < 1.29 is 9.18 Å². The Hall–Kier alpha value is -2.67. The Balaban J connectivity index is 1.84. The topological polar surface area (TPSA) is 75.6 Å². The van der Waals surface area contributed by atoms with Crippen LogP contribution >= 0.6 is 11.6 Å². The first kappa shape index (κ1) is 16.2. The van der Waals surface area contributed by atoms with E-state index in [4.69, 9.17) is 11.6 Å². The van der Waals surface area contributed by atoms with E-state index < -0.39 is 5.91 Å². The van der Waals surface area contributed by atoms with Crippen molar-refractivity contribution in [3.8, 4) is 0 Å². The van der Waals surface area contributed by atoms with Gasteiger partial charge in [-0.25, -0.2) is 4.39 Å². The van der Waals surface area contributed by atoms with Crippen LogP contribution < -0.4 is 5.32 Å². The summed E-state index contributed by atoms with van der Waals surface area (Å²) < 4.78 is 15.0. The molecule has 3 rings (SSSR count). The fourth-order valence-corrected chi connectivity index (χ4v) is 2.62. The van der Waals surface area contributed by atoms with Crippen LogP contribution in [0.3, 0.4) is 0 Å². The summed E-state index contributed by atoms with van der Waals surface area (Å²) in [6.07, 6.45) is 1.36. The number of H-pyrrole nitrogens is 1. The Morgan fingerprint density at radius 3 is 2.88 bits per heavy atom. The van der Waals surface area contributed by atoms with Crippen molar-refractivity contribution in [3.63, 3.8) is 0 Å². The molecule has 0 unspecified atom stereocenters. The highest BCUT2D eigenvalue weighted by Gasteiger charge is 2.18. The van der Waals surface area contributed by atoms with Crippen LogP contribution in [0.5, 0.6) is 0 Å². The molecule has 0 aliphatic heterocycles. The van der Waals surface area contributed by atoms with E-state index in [0.29, 0.717) is 17.9 Å². The normalized spacial score (nSPS) is 10.8. The van der Waals surface area contributed by atoms with Gasteiger partial charge in [-0.15, -0.1) is 0 Å². The number of aryl methyl sites for hydroxylation is 1. The fraction of sp³-hybridized carbons (Fsp3) is 0.188. The minimum Gasteiger partial charge on any atom is -0.317 e. The van der Waals surface area contributed by atoms with Crippen LogP contribution in [0.2, 0.25) is 5.02 Å². The summed E-state index contributed by atoms with van der Waals surface area (Å²) in [6, 6.07) is 6.32. The number of aromatic amines is 1. The van der Waals surface area contributed by atoms with Crippen LogP contribution in [-0.2, 0) is 6.54 Å². The van der Waals surface area contributed by atoms with E-state index in [1.54, 1.807) is 17.7 Å². The maximum absolute atomic E-state index is 13.3. The molecule has 0 aliphatic rings. The number of carbonyl (C=O) groups is 1. The van der Waals surface area contributed by atoms with Crippen molar-refractivity contribution in [2.45, 2.75) is 20.4 Å². The van der Waals surface area contributed by atoms with Gasteiger partial charge in [-0.2, -0.15) is 10.2 Å². The summed E-state index contributed by atoms with van der Waals surface area (Å²) in [5.74, 6) is -0.689. The lowest BCUT2D eigenvalue weighted by molar-refractivity contribution is 0.102. The highest BCUT2D eigenvalue weighted by atomic mass is 35.5. The molecule has 2 aromatic heterocycles. The molecular weight excluding hydrogens is 333 g/mol. The second kappa shape index (κ2) is 6.45. The number of nitrogens with one attached hydrogen (secondary N) is 2. The van der Waals surface area contributed by atoms with E-state index in [1.807, 2.05) is 13.0 Å². The zero-order chi connectivity index (χ0) is 17.3. The summed E-state index contributed by atoms with van der Waals surface area (Å²) in [6.45, 7) is 4.04. The quantitative estimate of drug-likeness (QED) is 0.760. The average Bonchev–Trinajstić information content (AvgIpc) is 3.06. The SMILES string of the molecule is Cc1nn(Cc2cccc(F)c2)c(C)c1NC(=O)c1[nH]ncc1Cl. The molecule has 0 saturated heterocycles. The zero-order valence-electron chi connectivity index (χ0n) is 13.1. The number of halogens is 2. The number of hydrogen-bond donors (Lipinski definition) is 2. The van der Waals surface area contributed by atoms with Gasteiger partial charge in [0.2, 0.25) is 0 Å². The summed E-state index contributed by atoms with van der Waals surface area (Å²) in [5.41, 5.74) is 3.00. The first-order valence-electron chi connectivity index (χ1n) is 7.24. The molecule has 0 atom stereocenters. The Kier molecular flexibility index (Phi) is 4.35. The minimum absolute atomic E-state index is 0.188. The van der Waals surface area contributed by atoms with Crippen LogP contribution in [-0.4, -0.2) is 25.9 Å². The van der Waals surface area contributed by atoms with E-state index >= 15 is 0 Å². The van der Waals surface area contributed by atoms with Gasteiger partial charge < -0.3 is 5.32 Å². The van der Waals surface area contributed by atoms with Gasteiger partial charge in [-0.3, -0.25) is 14.6 Å². The smallest absolute Gasteiger partial charge is 0.275 e. The van der Waals surface area contributed by atoms with Crippen molar-refractivity contribution in [3.05, 3.63) is 63.9 Å². The third-order valence-corrected chi connectivity index (χ3v) is 3.95. The number of carbonyl (C=O) groups excluding carboxylic acids is 1. The van der Waals surface area contributed by atoms with Crippen molar-refractivity contribution in [2.24, 2.45) is 0 Å². The summed E-state index contributed by atoms with van der Waals surface area (Å²) in [5, 5.41) is 13.7. The number of aromatic nitrogens is 4. The number of amides is 1. The zero-order valence-corrected chi connectivity index (χ0v) is 13.9.